The molecular weight excluding hydrogens is 482 g/mol. The smallest absolute Gasteiger partial charge is 0.220 e. The van der Waals surface area contributed by atoms with Crippen molar-refractivity contribution in [1.29, 1.82) is 5.53 Å². The largest absolute Gasteiger partial charge is 0.370 e. The number of hydrogen-bond acceptors (Lipinski definition) is 7. The van der Waals surface area contributed by atoms with Crippen molar-refractivity contribution >= 4 is 23.4 Å². The molecule has 0 aliphatic carbocycles. The topological polar surface area (TPSA) is 167 Å². The highest BCUT2D eigenvalue weighted by molar-refractivity contribution is 5.84. The minimum absolute atomic E-state index is 0.0208. The highest BCUT2D eigenvalue weighted by Gasteiger charge is 2.16. The van der Waals surface area contributed by atoms with Gasteiger partial charge in [-0.25, -0.2) is 5.01 Å². The van der Waals surface area contributed by atoms with Gasteiger partial charge in [-0.3, -0.25) is 19.4 Å². The number of nitrogens with one attached hydrogen (secondary N) is 2. The predicted octanol–water partition coefficient (Wildman–Crippen LogP) is 4.67. The lowest BCUT2D eigenvalue weighted by Gasteiger charge is -2.22. The Balaban J connectivity index is -0.000000583. The average Bonchev–Trinajstić information content (AvgIpc) is 2.89. The van der Waals surface area contributed by atoms with E-state index in [1.807, 2.05) is 33.8 Å². The molecule has 0 saturated carbocycles. The Morgan fingerprint density at radius 1 is 1.11 bits per heavy atom. The third-order valence-corrected chi connectivity index (χ3v) is 5.29. The summed E-state index contributed by atoms with van der Waals surface area (Å²) in [5.74, 6) is 0.411. The molecule has 1 rings (SSSR count). The van der Waals surface area contributed by atoms with Crippen molar-refractivity contribution in [3.05, 3.63) is 35.9 Å². The van der Waals surface area contributed by atoms with Gasteiger partial charge in [0.2, 0.25) is 11.8 Å². The van der Waals surface area contributed by atoms with Crippen molar-refractivity contribution in [3.63, 3.8) is 0 Å². The van der Waals surface area contributed by atoms with Gasteiger partial charge in [0.05, 0.1) is 5.54 Å². The number of aliphatic imine (C=N–C) groups is 1. The Hall–Kier alpha value is -3.14. The molecule has 38 heavy (non-hydrogen) atoms. The standard InChI is InChI=1S/C13H26N6O2.C8H10.C5H11NO.C2H6/c1-4-10(2)13(16-3)19(18-15)9-5-6-12(21)17-8-7-11(14)20;1-2-8-6-4-3-5-7-8;1-4(7)5(2,3)6;1-2/h10,15H,4-9H2,1-3H3,(H2,14,20)(H,17,21);3-7H,2H2,1H3;6H2,1-3H3;1-2H3/t10-;;;/m1.../s1. The van der Waals surface area contributed by atoms with Crippen LogP contribution in [0.15, 0.2) is 40.5 Å². The number of amides is 2. The zero-order chi connectivity index (χ0) is 30.1. The lowest BCUT2D eigenvalue weighted by atomic mass is 10.0. The van der Waals surface area contributed by atoms with Gasteiger partial charge in [0.1, 0.15) is 11.6 Å². The number of hydrogen-bond donors (Lipinski definition) is 4. The molecule has 1 aromatic carbocycles. The maximum atomic E-state index is 11.5. The number of aryl methyl sites for hydroxylation is 1. The molecule has 0 bridgehead atoms. The van der Waals surface area contributed by atoms with Crippen molar-refractivity contribution < 1.29 is 14.4 Å². The van der Waals surface area contributed by atoms with E-state index in [0.717, 1.165) is 18.7 Å². The first-order valence-corrected chi connectivity index (χ1v) is 13.3. The molecule has 1 aromatic rings. The summed E-state index contributed by atoms with van der Waals surface area (Å²) in [6.07, 6.45) is 3.05. The van der Waals surface area contributed by atoms with Crippen LogP contribution in [0.2, 0.25) is 0 Å². The fourth-order valence-corrected chi connectivity index (χ4v) is 2.51. The van der Waals surface area contributed by atoms with E-state index in [4.69, 9.17) is 17.0 Å². The van der Waals surface area contributed by atoms with Gasteiger partial charge in [0.15, 0.2) is 0 Å². The SMILES string of the molecule is CC.CC(=O)C(C)(C)N.CC[C@@H](C)C(=NC)N(CCCC(=O)NCCC(N)=O)N=N.CCc1ccccc1. The first-order valence-electron chi connectivity index (χ1n) is 13.3. The van der Waals surface area contributed by atoms with Crippen molar-refractivity contribution in [2.24, 2.45) is 27.6 Å². The van der Waals surface area contributed by atoms with Crippen LogP contribution in [-0.4, -0.2) is 54.1 Å². The van der Waals surface area contributed by atoms with Crippen LogP contribution >= 0.6 is 0 Å². The number of benzene rings is 1. The highest BCUT2D eigenvalue weighted by atomic mass is 16.2. The van der Waals surface area contributed by atoms with Crippen molar-refractivity contribution in [3.8, 4) is 0 Å². The molecule has 218 valence electrons. The van der Waals surface area contributed by atoms with Gasteiger partial charge in [0.25, 0.3) is 0 Å². The summed E-state index contributed by atoms with van der Waals surface area (Å²) in [4.78, 5) is 36.6. The molecule has 0 unspecified atom stereocenters. The molecule has 0 spiro atoms. The lowest BCUT2D eigenvalue weighted by Crippen LogP contribution is -2.39. The summed E-state index contributed by atoms with van der Waals surface area (Å²) >= 11 is 0. The highest BCUT2D eigenvalue weighted by Crippen LogP contribution is 2.10. The van der Waals surface area contributed by atoms with Crippen LogP contribution in [0.1, 0.15) is 86.6 Å². The first kappa shape index (κ1) is 39.4. The van der Waals surface area contributed by atoms with E-state index in [0.29, 0.717) is 19.4 Å². The minimum Gasteiger partial charge on any atom is -0.370 e. The van der Waals surface area contributed by atoms with E-state index in [1.165, 1.54) is 17.5 Å². The fourth-order valence-electron chi connectivity index (χ4n) is 2.51. The van der Waals surface area contributed by atoms with Crippen LogP contribution in [0.4, 0.5) is 0 Å². The number of rotatable bonds is 12. The summed E-state index contributed by atoms with van der Waals surface area (Å²) in [6, 6.07) is 10.5. The number of carbonyl (C=O) groups excluding carboxylic acids is 3. The van der Waals surface area contributed by atoms with Crippen LogP contribution in [0.3, 0.4) is 0 Å². The van der Waals surface area contributed by atoms with Gasteiger partial charge in [0, 0.05) is 38.9 Å². The Labute approximate surface area is 230 Å². The number of carbonyl (C=O) groups is 3. The van der Waals surface area contributed by atoms with E-state index in [9.17, 15) is 14.4 Å². The maximum Gasteiger partial charge on any atom is 0.220 e. The molecule has 0 fully saturated rings. The minimum atomic E-state index is -0.639. The number of nitrogens with zero attached hydrogens (tertiary/aromatic N) is 3. The Morgan fingerprint density at radius 3 is 1.97 bits per heavy atom. The summed E-state index contributed by atoms with van der Waals surface area (Å²) < 4.78 is 0. The van der Waals surface area contributed by atoms with E-state index in [-0.39, 0.29) is 30.6 Å². The van der Waals surface area contributed by atoms with E-state index < -0.39 is 11.4 Å². The third kappa shape index (κ3) is 22.1. The van der Waals surface area contributed by atoms with E-state index in [1.54, 1.807) is 20.9 Å². The van der Waals surface area contributed by atoms with Crippen LogP contribution in [0, 0.1) is 11.4 Å². The van der Waals surface area contributed by atoms with Crippen LogP contribution in [0.5, 0.6) is 0 Å². The molecule has 0 heterocycles. The molecule has 1 atom stereocenters. The Morgan fingerprint density at radius 2 is 1.63 bits per heavy atom. The second-order valence-corrected chi connectivity index (χ2v) is 8.90. The van der Waals surface area contributed by atoms with Crippen LogP contribution in [0.25, 0.3) is 0 Å². The van der Waals surface area contributed by atoms with Crippen molar-refractivity contribution in [1.82, 2.24) is 10.3 Å². The normalized spacial score (nSPS) is 11.2. The number of ketones is 1. The summed E-state index contributed by atoms with van der Waals surface area (Å²) in [5.41, 5.74) is 18.3. The number of Topliss-reactive ketones (excluding diaryl/α,β-unsaturated/α-hetero) is 1. The zero-order valence-corrected chi connectivity index (χ0v) is 25.1. The molecule has 10 heteroatoms. The van der Waals surface area contributed by atoms with Crippen LogP contribution < -0.4 is 16.8 Å². The predicted molar refractivity (Wildman–Crippen MR) is 157 cm³/mol. The van der Waals surface area contributed by atoms with Gasteiger partial charge >= 0.3 is 0 Å². The third-order valence-electron chi connectivity index (χ3n) is 5.29. The van der Waals surface area contributed by atoms with Gasteiger partial charge in [-0.1, -0.05) is 70.2 Å². The zero-order valence-electron chi connectivity index (χ0n) is 25.1. The van der Waals surface area contributed by atoms with Crippen LogP contribution in [-0.2, 0) is 20.8 Å². The Bertz CT molecular complexity index is 806. The number of nitrogens with two attached hydrogens (primary N) is 2. The quantitative estimate of drug-likeness (QED) is 0.132. The molecule has 10 nitrogen and oxygen atoms in total. The second-order valence-electron chi connectivity index (χ2n) is 8.90. The fraction of sp³-hybridized carbons (Fsp3) is 0.643. The summed E-state index contributed by atoms with van der Waals surface area (Å²) in [7, 11) is 1.68. The van der Waals surface area contributed by atoms with Gasteiger partial charge < -0.3 is 16.8 Å². The monoisotopic (exact) mass is 535 g/mol. The van der Waals surface area contributed by atoms with Crippen molar-refractivity contribution in [2.75, 3.05) is 20.1 Å². The van der Waals surface area contributed by atoms with E-state index >= 15 is 0 Å². The number of primary amides is 1. The maximum absolute atomic E-state index is 11.5. The molecule has 2 amide bonds. The molecular formula is C28H53N7O3. The van der Waals surface area contributed by atoms with E-state index in [2.05, 4.69) is 46.7 Å². The molecule has 6 N–H and O–H groups in total. The lowest BCUT2D eigenvalue weighted by molar-refractivity contribution is -0.122. The second kappa shape index (κ2) is 24.2. The molecule has 0 aliphatic heterocycles. The van der Waals surface area contributed by atoms with Gasteiger partial charge in [-0.15, -0.1) is 0 Å². The van der Waals surface area contributed by atoms with Crippen molar-refractivity contribution in [2.45, 2.75) is 93.0 Å². The molecule has 0 radical (unpaired) electrons. The molecule has 0 aromatic heterocycles. The number of amidine groups is 1. The van der Waals surface area contributed by atoms with Gasteiger partial charge in [-0.2, -0.15) is 5.53 Å². The summed E-state index contributed by atoms with van der Waals surface area (Å²) in [5, 5.41) is 7.61. The molecule has 0 aliphatic rings. The first-order chi connectivity index (χ1) is 17.8. The Kier molecular flexibility index (Phi) is 25.1. The summed E-state index contributed by atoms with van der Waals surface area (Å²) in [6.45, 7) is 15.8. The van der Waals surface area contributed by atoms with Gasteiger partial charge in [-0.05, 0) is 45.6 Å². The molecule has 0 saturated heterocycles. The average molecular weight is 536 g/mol.